The largest absolute Gasteiger partial charge is 0.483 e. The zero-order chi connectivity index (χ0) is 19.1. The minimum absolute atomic E-state index is 0.0576. The molecule has 0 aliphatic carbocycles. The number of carbonyl (C=O) groups excluding carboxylic acids is 2. The number of halogens is 3. The van der Waals surface area contributed by atoms with Crippen molar-refractivity contribution in [2.24, 2.45) is 0 Å². The van der Waals surface area contributed by atoms with E-state index in [0.717, 1.165) is 0 Å². The smallest absolute Gasteiger partial charge is 0.422 e. The van der Waals surface area contributed by atoms with Crippen molar-refractivity contribution >= 4 is 11.6 Å². The number of ether oxygens (including phenoxy) is 2. The Labute approximate surface area is 147 Å². The number of ketones is 2. The van der Waals surface area contributed by atoms with E-state index < -0.39 is 30.0 Å². The van der Waals surface area contributed by atoms with E-state index in [-0.39, 0.29) is 17.1 Å². The van der Waals surface area contributed by atoms with Crippen molar-refractivity contribution in [2.45, 2.75) is 25.6 Å². The summed E-state index contributed by atoms with van der Waals surface area (Å²) >= 11 is 0. The lowest BCUT2D eigenvalue weighted by Gasteiger charge is -2.30. The third-order valence-corrected chi connectivity index (χ3v) is 3.93. The Hall–Kier alpha value is -2.83. The van der Waals surface area contributed by atoms with Crippen LogP contribution in [0.15, 0.2) is 42.5 Å². The van der Waals surface area contributed by atoms with E-state index in [1.807, 2.05) is 0 Å². The van der Waals surface area contributed by atoms with E-state index in [2.05, 4.69) is 0 Å². The fraction of sp³-hybridized carbons (Fsp3) is 0.263. The molecule has 0 fully saturated rings. The molecule has 136 valence electrons. The number of fused-ring (bicyclic) bond motifs is 1. The van der Waals surface area contributed by atoms with Gasteiger partial charge in [0, 0.05) is 5.56 Å². The number of benzene rings is 2. The van der Waals surface area contributed by atoms with E-state index in [1.54, 1.807) is 24.3 Å². The summed E-state index contributed by atoms with van der Waals surface area (Å²) in [6.45, 7) is 1.57. The summed E-state index contributed by atoms with van der Waals surface area (Å²) in [5.74, 6) is -1.03. The van der Waals surface area contributed by atoms with Gasteiger partial charge in [-0.25, -0.2) is 0 Å². The Kier molecular flexibility index (Phi) is 4.26. The highest BCUT2D eigenvalue weighted by atomic mass is 19.4. The summed E-state index contributed by atoms with van der Waals surface area (Å²) in [6, 6.07) is 10.8. The van der Waals surface area contributed by atoms with Crippen molar-refractivity contribution in [1.82, 2.24) is 0 Å². The number of Topliss-reactive ketones (excluding diaryl/α,β-unsaturated/α-hetero) is 2. The fourth-order valence-electron chi connectivity index (χ4n) is 2.67. The maximum absolute atomic E-state index is 12.5. The van der Waals surface area contributed by atoms with Crippen molar-refractivity contribution in [2.75, 3.05) is 6.61 Å². The van der Waals surface area contributed by atoms with Gasteiger partial charge in [0.25, 0.3) is 0 Å². The Morgan fingerprint density at radius 3 is 2.42 bits per heavy atom. The molecule has 2 aromatic rings. The molecule has 1 aliphatic heterocycles. The molecular weight excluding hydrogens is 349 g/mol. The number of carbonyl (C=O) groups is 2. The van der Waals surface area contributed by atoms with Gasteiger partial charge in [0.05, 0.1) is 5.56 Å². The lowest BCUT2D eigenvalue weighted by molar-refractivity contribution is -0.153. The number of para-hydroxylation sites is 1. The van der Waals surface area contributed by atoms with Crippen LogP contribution in [-0.2, 0) is 4.79 Å². The van der Waals surface area contributed by atoms with E-state index in [1.165, 1.54) is 32.0 Å². The zero-order valence-electron chi connectivity index (χ0n) is 14.0. The Morgan fingerprint density at radius 1 is 1.04 bits per heavy atom. The van der Waals surface area contributed by atoms with Crippen LogP contribution in [0.4, 0.5) is 13.2 Å². The highest BCUT2D eigenvalue weighted by Gasteiger charge is 2.41. The standard InChI is InChI=1S/C19H15F3O4/c1-18(2)17(24)16(23)13-8-7-11(9-15(13)26-18)12-5-3-4-6-14(12)25-10-19(20,21)22/h3-9H,10H2,1-2H3. The quantitative estimate of drug-likeness (QED) is 0.766. The predicted molar refractivity (Wildman–Crippen MR) is 87.5 cm³/mol. The van der Waals surface area contributed by atoms with Crippen LogP contribution < -0.4 is 9.47 Å². The number of rotatable bonds is 3. The first-order valence-electron chi connectivity index (χ1n) is 7.80. The van der Waals surface area contributed by atoms with Crippen molar-refractivity contribution in [3.8, 4) is 22.6 Å². The van der Waals surface area contributed by atoms with Gasteiger partial charge in [-0.15, -0.1) is 0 Å². The van der Waals surface area contributed by atoms with Gasteiger partial charge in [-0.05, 0) is 37.6 Å². The first-order chi connectivity index (χ1) is 12.1. The highest BCUT2D eigenvalue weighted by molar-refractivity contribution is 6.47. The summed E-state index contributed by atoms with van der Waals surface area (Å²) in [7, 11) is 0. The molecule has 0 spiro atoms. The van der Waals surface area contributed by atoms with Gasteiger partial charge >= 0.3 is 6.18 Å². The molecule has 26 heavy (non-hydrogen) atoms. The van der Waals surface area contributed by atoms with Crippen LogP contribution in [-0.4, -0.2) is 30.0 Å². The SMILES string of the molecule is CC1(C)Oc2cc(-c3ccccc3OCC(F)(F)F)ccc2C(=O)C1=O. The number of hydrogen-bond acceptors (Lipinski definition) is 4. The second-order valence-corrected chi connectivity index (χ2v) is 6.38. The maximum Gasteiger partial charge on any atom is 0.422 e. The molecule has 0 saturated carbocycles. The van der Waals surface area contributed by atoms with Crippen molar-refractivity contribution in [3.63, 3.8) is 0 Å². The fourth-order valence-corrected chi connectivity index (χ4v) is 2.67. The molecule has 1 aliphatic rings. The minimum Gasteiger partial charge on any atom is -0.483 e. The lowest BCUT2D eigenvalue weighted by Crippen LogP contribution is -2.46. The molecule has 0 unspecified atom stereocenters. The van der Waals surface area contributed by atoms with E-state index in [4.69, 9.17) is 9.47 Å². The molecular formula is C19H15F3O4. The summed E-state index contributed by atoms with van der Waals surface area (Å²) in [4.78, 5) is 24.2. The molecule has 3 rings (SSSR count). The molecule has 2 aromatic carbocycles. The third-order valence-electron chi connectivity index (χ3n) is 3.93. The van der Waals surface area contributed by atoms with E-state index >= 15 is 0 Å². The normalized spacial score (nSPS) is 16.0. The minimum atomic E-state index is -4.46. The average molecular weight is 364 g/mol. The monoisotopic (exact) mass is 364 g/mol. The lowest BCUT2D eigenvalue weighted by atomic mass is 9.90. The highest BCUT2D eigenvalue weighted by Crippen LogP contribution is 2.37. The molecule has 0 atom stereocenters. The van der Waals surface area contributed by atoms with Crippen LogP contribution in [0, 0.1) is 0 Å². The molecule has 0 amide bonds. The molecule has 0 N–H and O–H groups in total. The van der Waals surface area contributed by atoms with Gasteiger partial charge in [0.2, 0.25) is 11.6 Å². The zero-order valence-corrected chi connectivity index (χ0v) is 14.0. The molecule has 1 heterocycles. The van der Waals surface area contributed by atoms with Crippen molar-refractivity contribution < 1.29 is 32.2 Å². The molecule has 4 nitrogen and oxygen atoms in total. The van der Waals surface area contributed by atoms with E-state index in [0.29, 0.717) is 11.1 Å². The summed E-state index contributed by atoms with van der Waals surface area (Å²) in [5.41, 5.74) is -0.230. The summed E-state index contributed by atoms with van der Waals surface area (Å²) in [6.07, 6.45) is -4.46. The predicted octanol–water partition coefficient (Wildman–Crippen LogP) is 4.22. The average Bonchev–Trinajstić information content (AvgIpc) is 2.57. The first kappa shape index (κ1) is 18.0. The van der Waals surface area contributed by atoms with Gasteiger partial charge in [0.15, 0.2) is 12.2 Å². The molecule has 0 aromatic heterocycles. The topological polar surface area (TPSA) is 52.6 Å². The Bertz CT molecular complexity index is 885. The van der Waals surface area contributed by atoms with Crippen molar-refractivity contribution in [1.29, 1.82) is 0 Å². The molecule has 0 saturated heterocycles. The van der Waals surface area contributed by atoms with Crippen LogP contribution >= 0.6 is 0 Å². The van der Waals surface area contributed by atoms with Crippen LogP contribution in [0.3, 0.4) is 0 Å². The summed E-state index contributed by atoms with van der Waals surface area (Å²) < 4.78 is 47.9. The van der Waals surface area contributed by atoms with Gasteiger partial charge < -0.3 is 9.47 Å². The number of alkyl halides is 3. The van der Waals surface area contributed by atoms with Crippen LogP contribution in [0.1, 0.15) is 24.2 Å². The Balaban J connectivity index is 2.00. The summed E-state index contributed by atoms with van der Waals surface area (Å²) in [5, 5.41) is 0. The van der Waals surface area contributed by atoms with Gasteiger partial charge in [0.1, 0.15) is 11.5 Å². The van der Waals surface area contributed by atoms with Crippen LogP contribution in [0.5, 0.6) is 11.5 Å². The number of hydrogen-bond donors (Lipinski definition) is 0. The molecule has 0 bridgehead atoms. The first-order valence-corrected chi connectivity index (χ1v) is 7.80. The van der Waals surface area contributed by atoms with E-state index in [9.17, 15) is 22.8 Å². The van der Waals surface area contributed by atoms with Gasteiger partial charge in [-0.1, -0.05) is 24.3 Å². The maximum atomic E-state index is 12.5. The third kappa shape index (κ3) is 3.42. The van der Waals surface area contributed by atoms with Crippen LogP contribution in [0.2, 0.25) is 0 Å². The van der Waals surface area contributed by atoms with Gasteiger partial charge in [-0.3, -0.25) is 9.59 Å². The Morgan fingerprint density at radius 2 is 1.73 bits per heavy atom. The van der Waals surface area contributed by atoms with Crippen LogP contribution in [0.25, 0.3) is 11.1 Å². The molecule has 7 heteroatoms. The second kappa shape index (κ2) is 6.16. The van der Waals surface area contributed by atoms with Crippen molar-refractivity contribution in [3.05, 3.63) is 48.0 Å². The molecule has 0 radical (unpaired) electrons. The second-order valence-electron chi connectivity index (χ2n) is 6.38. The van der Waals surface area contributed by atoms with Gasteiger partial charge in [-0.2, -0.15) is 13.2 Å².